The zero-order valence-corrected chi connectivity index (χ0v) is 19.6. The molecule has 0 atom stereocenters. The van der Waals surface area contributed by atoms with Crippen molar-refractivity contribution < 1.29 is 13.2 Å². The lowest BCUT2D eigenvalue weighted by molar-refractivity contribution is 0.265. The zero-order valence-electron chi connectivity index (χ0n) is 18.9. The summed E-state index contributed by atoms with van der Waals surface area (Å²) in [6.45, 7) is 3.86. The first-order chi connectivity index (χ1) is 15.9. The number of fused-ring (bicyclic) bond motifs is 1. The molecule has 0 aromatic heterocycles. The molecule has 0 saturated heterocycles. The molecule has 0 N–H and O–H groups in total. The number of rotatable bonds is 8. The number of benzene rings is 3. The molecule has 0 nitrogen and oxygen atoms in total. The molecule has 174 valence electrons. The highest BCUT2D eigenvalue weighted by molar-refractivity contribution is 6.30. The average molecular weight is 471 g/mol. The first-order valence-electron chi connectivity index (χ1n) is 11.9. The summed E-state index contributed by atoms with van der Waals surface area (Å²) in [6.07, 6.45) is 11.3. The fourth-order valence-electron chi connectivity index (χ4n) is 5.13. The van der Waals surface area contributed by atoms with E-state index in [0.29, 0.717) is 29.4 Å². The highest BCUT2D eigenvalue weighted by atomic mass is 35.5. The van der Waals surface area contributed by atoms with Crippen molar-refractivity contribution in [2.45, 2.75) is 57.8 Å². The van der Waals surface area contributed by atoms with Gasteiger partial charge < -0.3 is 0 Å². The molecule has 1 saturated carbocycles. The van der Waals surface area contributed by atoms with Gasteiger partial charge in [0, 0.05) is 5.39 Å². The SMILES string of the molecule is C=CCC1CCC(CCc2ccc3c(F)c(CCc4cc(F)c(Cl)c(F)c4)ccc3c2)CC1. The van der Waals surface area contributed by atoms with Crippen LogP contribution in [-0.4, -0.2) is 0 Å². The fourth-order valence-corrected chi connectivity index (χ4v) is 5.24. The summed E-state index contributed by atoms with van der Waals surface area (Å²) in [4.78, 5) is 0. The Morgan fingerprint density at radius 1 is 0.818 bits per heavy atom. The predicted molar refractivity (Wildman–Crippen MR) is 131 cm³/mol. The molecule has 0 bridgehead atoms. The van der Waals surface area contributed by atoms with Crippen molar-refractivity contribution in [2.75, 3.05) is 0 Å². The van der Waals surface area contributed by atoms with Crippen LogP contribution in [0.15, 0.2) is 55.1 Å². The van der Waals surface area contributed by atoms with Crippen molar-refractivity contribution in [3.63, 3.8) is 0 Å². The van der Waals surface area contributed by atoms with Crippen molar-refractivity contribution in [3.05, 3.63) is 94.3 Å². The van der Waals surface area contributed by atoms with Crippen LogP contribution < -0.4 is 0 Å². The summed E-state index contributed by atoms with van der Waals surface area (Å²) >= 11 is 5.54. The van der Waals surface area contributed by atoms with E-state index in [-0.39, 0.29) is 5.82 Å². The van der Waals surface area contributed by atoms with Gasteiger partial charge in [0.2, 0.25) is 0 Å². The van der Waals surface area contributed by atoms with Gasteiger partial charge in [0.1, 0.15) is 22.5 Å². The van der Waals surface area contributed by atoms with Crippen molar-refractivity contribution >= 4 is 22.4 Å². The van der Waals surface area contributed by atoms with Gasteiger partial charge in [0.25, 0.3) is 0 Å². The maximum absolute atomic E-state index is 15.1. The number of hydrogen-bond acceptors (Lipinski definition) is 0. The van der Waals surface area contributed by atoms with E-state index in [2.05, 4.69) is 12.6 Å². The monoisotopic (exact) mass is 470 g/mol. The van der Waals surface area contributed by atoms with E-state index >= 15 is 4.39 Å². The number of hydrogen-bond donors (Lipinski definition) is 0. The minimum Gasteiger partial charge on any atom is -0.206 e. The van der Waals surface area contributed by atoms with Gasteiger partial charge in [-0.3, -0.25) is 0 Å². The largest absolute Gasteiger partial charge is 0.206 e. The summed E-state index contributed by atoms with van der Waals surface area (Å²) in [6, 6.07) is 12.1. The van der Waals surface area contributed by atoms with Gasteiger partial charge in [-0.05, 0) is 91.0 Å². The molecule has 0 unspecified atom stereocenters. The second-order valence-electron chi connectivity index (χ2n) is 9.42. The van der Waals surface area contributed by atoms with Gasteiger partial charge in [-0.1, -0.05) is 60.9 Å². The smallest absolute Gasteiger partial charge is 0.145 e. The Labute approximate surface area is 199 Å². The Hall–Kier alpha value is -2.26. The first kappa shape index (κ1) is 23.9. The van der Waals surface area contributed by atoms with E-state index in [9.17, 15) is 8.78 Å². The van der Waals surface area contributed by atoms with Crippen molar-refractivity contribution in [2.24, 2.45) is 11.8 Å². The van der Waals surface area contributed by atoms with Crippen LogP contribution in [0.1, 0.15) is 55.2 Å². The van der Waals surface area contributed by atoms with E-state index in [4.69, 9.17) is 11.6 Å². The van der Waals surface area contributed by atoms with Crippen molar-refractivity contribution in [1.29, 1.82) is 0 Å². The van der Waals surface area contributed by atoms with E-state index in [1.165, 1.54) is 49.8 Å². The molecule has 0 radical (unpaired) electrons. The highest BCUT2D eigenvalue weighted by Crippen LogP contribution is 2.34. The lowest BCUT2D eigenvalue weighted by Crippen LogP contribution is -2.14. The third-order valence-electron chi connectivity index (χ3n) is 7.13. The molecule has 0 spiro atoms. The Morgan fingerprint density at radius 2 is 1.52 bits per heavy atom. The second kappa shape index (κ2) is 10.8. The lowest BCUT2D eigenvalue weighted by atomic mass is 9.78. The molecule has 1 fully saturated rings. The summed E-state index contributed by atoms with van der Waals surface area (Å²) in [7, 11) is 0. The van der Waals surface area contributed by atoms with Crippen LogP contribution in [0.5, 0.6) is 0 Å². The molecule has 0 heterocycles. The molecule has 3 aromatic rings. The lowest BCUT2D eigenvalue weighted by Gasteiger charge is -2.27. The van der Waals surface area contributed by atoms with Crippen molar-refractivity contribution in [1.82, 2.24) is 0 Å². The quantitative estimate of drug-likeness (QED) is 0.227. The molecule has 1 aliphatic rings. The van der Waals surface area contributed by atoms with Crippen LogP contribution >= 0.6 is 11.6 Å². The topological polar surface area (TPSA) is 0 Å². The summed E-state index contributed by atoms with van der Waals surface area (Å²) in [5.74, 6) is -0.238. The molecule has 3 aromatic carbocycles. The van der Waals surface area contributed by atoms with Gasteiger partial charge in [0.15, 0.2) is 0 Å². The Morgan fingerprint density at radius 3 is 2.21 bits per heavy atom. The predicted octanol–water partition coefficient (Wildman–Crippen LogP) is 9.01. The standard InChI is InChI=1S/C29H30ClF3/c1-2-3-19-4-6-20(7-5-19)8-9-21-11-15-25-24(16-21)14-13-23(29(25)33)12-10-22-17-26(31)28(30)27(32)18-22/h2,11,13-20H,1,3-10,12H2. The molecule has 4 rings (SSSR count). The Balaban J connectivity index is 1.38. The maximum Gasteiger partial charge on any atom is 0.145 e. The molecule has 0 aliphatic heterocycles. The number of aryl methyl sites for hydroxylation is 3. The number of allylic oxidation sites excluding steroid dienone is 1. The summed E-state index contributed by atoms with van der Waals surface area (Å²) < 4.78 is 42.5. The van der Waals surface area contributed by atoms with Crippen LogP contribution in [0.4, 0.5) is 13.2 Å². The van der Waals surface area contributed by atoms with E-state index in [1.54, 1.807) is 6.07 Å². The second-order valence-corrected chi connectivity index (χ2v) is 9.80. The molecule has 4 heteroatoms. The minimum absolute atomic E-state index is 0.255. The molecule has 1 aliphatic carbocycles. The third kappa shape index (κ3) is 5.81. The average Bonchev–Trinajstić information content (AvgIpc) is 2.82. The van der Waals surface area contributed by atoms with E-state index < -0.39 is 16.7 Å². The van der Waals surface area contributed by atoms with Crippen LogP contribution in [0.3, 0.4) is 0 Å². The van der Waals surface area contributed by atoms with Crippen LogP contribution in [0.25, 0.3) is 10.8 Å². The summed E-state index contributed by atoms with van der Waals surface area (Å²) in [5, 5.41) is 0.980. The van der Waals surface area contributed by atoms with E-state index in [0.717, 1.165) is 30.1 Å². The van der Waals surface area contributed by atoms with Gasteiger partial charge in [0.05, 0.1) is 0 Å². The summed E-state index contributed by atoms with van der Waals surface area (Å²) in [5.41, 5.74) is 2.25. The van der Waals surface area contributed by atoms with Gasteiger partial charge in [-0.25, -0.2) is 13.2 Å². The van der Waals surface area contributed by atoms with Crippen LogP contribution in [0.2, 0.25) is 5.02 Å². The fraction of sp³-hybridized carbons (Fsp3) is 0.379. The third-order valence-corrected chi connectivity index (χ3v) is 7.49. The highest BCUT2D eigenvalue weighted by Gasteiger charge is 2.20. The normalized spacial score (nSPS) is 18.5. The van der Waals surface area contributed by atoms with Gasteiger partial charge in [-0.2, -0.15) is 0 Å². The molecule has 33 heavy (non-hydrogen) atoms. The zero-order chi connectivity index (χ0) is 23.4. The maximum atomic E-state index is 15.1. The Bertz CT molecular complexity index is 1110. The van der Waals surface area contributed by atoms with Gasteiger partial charge in [-0.15, -0.1) is 6.58 Å². The minimum atomic E-state index is -0.789. The number of halogens is 4. The molecule has 0 amide bonds. The Kier molecular flexibility index (Phi) is 7.80. The van der Waals surface area contributed by atoms with Crippen molar-refractivity contribution in [3.8, 4) is 0 Å². The van der Waals surface area contributed by atoms with Crippen LogP contribution in [-0.2, 0) is 19.3 Å². The van der Waals surface area contributed by atoms with Crippen LogP contribution in [0, 0.1) is 29.3 Å². The van der Waals surface area contributed by atoms with Gasteiger partial charge >= 0.3 is 0 Å². The molecular formula is C29H30ClF3. The van der Waals surface area contributed by atoms with E-state index in [1.807, 2.05) is 24.3 Å². The first-order valence-corrected chi connectivity index (χ1v) is 12.3. The molecular weight excluding hydrogens is 441 g/mol.